The molecule has 0 aliphatic heterocycles. The van der Waals surface area contributed by atoms with Crippen molar-refractivity contribution in [2.45, 2.75) is 20.0 Å². The van der Waals surface area contributed by atoms with Gasteiger partial charge in [0.15, 0.2) is 0 Å². The summed E-state index contributed by atoms with van der Waals surface area (Å²) >= 11 is 0. The number of anilines is 1. The van der Waals surface area contributed by atoms with Crippen LogP contribution in [0.1, 0.15) is 12.7 Å². The molecule has 0 aliphatic rings. The van der Waals surface area contributed by atoms with Gasteiger partial charge in [0, 0.05) is 43.1 Å². The van der Waals surface area contributed by atoms with E-state index < -0.39 is 6.10 Å². The standard InChI is InChI=1S/C19H21N7O/c1-11(27)9-23-19-21-7-5-15(25-19)16-17(26(3)12(2)24-16)14-8-13-4-6-20-18(13)22-10-14/h4-8,10-11,27H,9H2,1-3H3,(H,20,22)(H,21,23,25). The highest BCUT2D eigenvalue weighted by Crippen LogP contribution is 2.32. The summed E-state index contributed by atoms with van der Waals surface area (Å²) in [4.78, 5) is 21.1. The molecular formula is C19H21N7O. The molecule has 4 aromatic rings. The minimum Gasteiger partial charge on any atom is -0.392 e. The van der Waals surface area contributed by atoms with Crippen LogP contribution in [-0.2, 0) is 7.05 Å². The zero-order chi connectivity index (χ0) is 19.0. The summed E-state index contributed by atoms with van der Waals surface area (Å²) in [5.74, 6) is 1.34. The molecule has 1 unspecified atom stereocenters. The number of H-pyrrole nitrogens is 1. The normalized spacial score (nSPS) is 12.4. The Bertz CT molecular complexity index is 1100. The SMILES string of the molecule is Cc1nc(-c2ccnc(NCC(C)O)n2)c(-c2cnc3[nH]ccc3c2)n1C. The Morgan fingerprint density at radius 1 is 1.26 bits per heavy atom. The van der Waals surface area contributed by atoms with E-state index in [0.717, 1.165) is 33.8 Å². The van der Waals surface area contributed by atoms with Crippen LogP contribution in [-0.4, -0.2) is 47.2 Å². The number of aromatic amines is 1. The van der Waals surface area contributed by atoms with Crippen molar-refractivity contribution in [3.05, 3.63) is 42.6 Å². The van der Waals surface area contributed by atoms with Crippen LogP contribution in [0, 0.1) is 6.92 Å². The predicted molar refractivity (Wildman–Crippen MR) is 104 cm³/mol. The van der Waals surface area contributed by atoms with Gasteiger partial charge in [0.25, 0.3) is 0 Å². The third-order valence-corrected chi connectivity index (χ3v) is 4.45. The van der Waals surface area contributed by atoms with Crippen molar-refractivity contribution in [3.8, 4) is 22.6 Å². The molecule has 1 atom stereocenters. The first-order valence-electron chi connectivity index (χ1n) is 8.75. The molecule has 0 radical (unpaired) electrons. The number of fused-ring (bicyclic) bond motifs is 1. The second kappa shape index (κ2) is 6.81. The van der Waals surface area contributed by atoms with Gasteiger partial charge in [-0.25, -0.2) is 19.9 Å². The maximum atomic E-state index is 9.46. The Balaban J connectivity index is 1.80. The van der Waals surface area contributed by atoms with Crippen LogP contribution in [0.15, 0.2) is 36.8 Å². The highest BCUT2D eigenvalue weighted by molar-refractivity contribution is 5.84. The number of aromatic nitrogens is 6. The fraction of sp³-hybridized carbons (Fsp3) is 0.263. The molecule has 0 bridgehead atoms. The van der Waals surface area contributed by atoms with Crippen molar-refractivity contribution >= 4 is 17.0 Å². The molecule has 0 spiro atoms. The monoisotopic (exact) mass is 363 g/mol. The van der Waals surface area contributed by atoms with E-state index in [-0.39, 0.29) is 0 Å². The van der Waals surface area contributed by atoms with Gasteiger partial charge in [0.1, 0.15) is 17.2 Å². The number of aliphatic hydroxyl groups is 1. The summed E-state index contributed by atoms with van der Waals surface area (Å²) in [6.07, 6.45) is 4.92. The van der Waals surface area contributed by atoms with Gasteiger partial charge in [-0.3, -0.25) is 0 Å². The topological polar surface area (TPSA) is 105 Å². The first kappa shape index (κ1) is 17.2. The fourth-order valence-corrected chi connectivity index (χ4v) is 3.00. The summed E-state index contributed by atoms with van der Waals surface area (Å²) in [5.41, 5.74) is 4.26. The number of pyridine rings is 1. The molecular weight excluding hydrogens is 342 g/mol. The maximum absolute atomic E-state index is 9.46. The molecule has 0 fully saturated rings. The van der Waals surface area contributed by atoms with Crippen molar-refractivity contribution in [2.24, 2.45) is 7.05 Å². The number of hydrogen-bond acceptors (Lipinski definition) is 6. The zero-order valence-electron chi connectivity index (χ0n) is 15.4. The molecule has 4 rings (SSSR count). The average Bonchev–Trinajstić information content (AvgIpc) is 3.24. The van der Waals surface area contributed by atoms with E-state index in [1.54, 1.807) is 13.1 Å². The van der Waals surface area contributed by atoms with E-state index in [1.165, 1.54) is 0 Å². The number of nitrogens with zero attached hydrogens (tertiary/aromatic N) is 5. The second-order valence-corrected chi connectivity index (χ2v) is 6.55. The number of imidazole rings is 1. The van der Waals surface area contributed by atoms with E-state index in [1.807, 2.05) is 43.1 Å². The summed E-state index contributed by atoms with van der Waals surface area (Å²) in [5, 5.41) is 13.5. The van der Waals surface area contributed by atoms with E-state index >= 15 is 0 Å². The van der Waals surface area contributed by atoms with E-state index in [0.29, 0.717) is 18.2 Å². The molecule has 0 amide bonds. The molecule has 0 saturated carbocycles. The van der Waals surface area contributed by atoms with Gasteiger partial charge < -0.3 is 20.0 Å². The fourth-order valence-electron chi connectivity index (χ4n) is 3.00. The van der Waals surface area contributed by atoms with Crippen LogP contribution >= 0.6 is 0 Å². The van der Waals surface area contributed by atoms with Crippen LogP contribution in [0.5, 0.6) is 0 Å². The third-order valence-electron chi connectivity index (χ3n) is 4.45. The molecule has 0 aliphatic carbocycles. The molecule has 8 heteroatoms. The van der Waals surface area contributed by atoms with Gasteiger partial charge in [-0.05, 0) is 32.0 Å². The van der Waals surface area contributed by atoms with Crippen molar-refractivity contribution in [3.63, 3.8) is 0 Å². The molecule has 138 valence electrons. The number of rotatable bonds is 5. The summed E-state index contributed by atoms with van der Waals surface area (Å²) in [6, 6.07) is 5.92. The molecule has 4 heterocycles. The molecule has 8 nitrogen and oxygen atoms in total. The first-order chi connectivity index (χ1) is 13.0. The van der Waals surface area contributed by atoms with Crippen molar-refractivity contribution in [2.75, 3.05) is 11.9 Å². The minimum absolute atomic E-state index is 0.381. The Morgan fingerprint density at radius 2 is 2.11 bits per heavy atom. The molecule has 4 aromatic heterocycles. The highest BCUT2D eigenvalue weighted by Gasteiger charge is 2.18. The molecule has 0 saturated heterocycles. The van der Waals surface area contributed by atoms with Crippen LogP contribution in [0.25, 0.3) is 33.7 Å². The average molecular weight is 363 g/mol. The molecule has 3 N–H and O–H groups in total. The van der Waals surface area contributed by atoms with Crippen LogP contribution < -0.4 is 5.32 Å². The molecule has 27 heavy (non-hydrogen) atoms. The van der Waals surface area contributed by atoms with Gasteiger partial charge in [-0.15, -0.1) is 0 Å². The number of hydrogen-bond donors (Lipinski definition) is 3. The molecule has 0 aromatic carbocycles. The van der Waals surface area contributed by atoms with Crippen LogP contribution in [0.3, 0.4) is 0 Å². The van der Waals surface area contributed by atoms with Crippen molar-refractivity contribution in [1.82, 2.24) is 29.5 Å². The number of aryl methyl sites for hydroxylation is 1. The Labute approximate surface area is 156 Å². The highest BCUT2D eigenvalue weighted by atomic mass is 16.3. The van der Waals surface area contributed by atoms with E-state index in [9.17, 15) is 5.11 Å². The van der Waals surface area contributed by atoms with Gasteiger partial charge in [-0.1, -0.05) is 0 Å². The smallest absolute Gasteiger partial charge is 0.223 e. The quantitative estimate of drug-likeness (QED) is 0.503. The van der Waals surface area contributed by atoms with Crippen molar-refractivity contribution in [1.29, 1.82) is 0 Å². The van der Waals surface area contributed by atoms with Gasteiger partial charge in [0.2, 0.25) is 5.95 Å². The Morgan fingerprint density at radius 3 is 2.93 bits per heavy atom. The predicted octanol–water partition coefficient (Wildman–Crippen LogP) is 2.52. The van der Waals surface area contributed by atoms with E-state index in [4.69, 9.17) is 4.98 Å². The van der Waals surface area contributed by atoms with Crippen molar-refractivity contribution < 1.29 is 5.11 Å². The minimum atomic E-state index is -0.482. The zero-order valence-corrected chi connectivity index (χ0v) is 15.4. The number of nitrogens with one attached hydrogen (secondary N) is 2. The van der Waals surface area contributed by atoms with E-state index in [2.05, 4.69) is 31.3 Å². The second-order valence-electron chi connectivity index (χ2n) is 6.55. The number of aliphatic hydroxyl groups excluding tert-OH is 1. The lowest BCUT2D eigenvalue weighted by molar-refractivity contribution is 0.208. The lowest BCUT2D eigenvalue weighted by Gasteiger charge is -2.09. The van der Waals surface area contributed by atoms with Crippen LogP contribution in [0.4, 0.5) is 5.95 Å². The summed E-state index contributed by atoms with van der Waals surface area (Å²) in [6.45, 7) is 4.05. The third kappa shape index (κ3) is 3.26. The van der Waals surface area contributed by atoms with Crippen LogP contribution in [0.2, 0.25) is 0 Å². The first-order valence-corrected chi connectivity index (χ1v) is 8.75. The Kier molecular flexibility index (Phi) is 4.33. The van der Waals surface area contributed by atoms with Gasteiger partial charge in [0.05, 0.1) is 17.5 Å². The van der Waals surface area contributed by atoms with Gasteiger partial charge >= 0.3 is 0 Å². The van der Waals surface area contributed by atoms with Gasteiger partial charge in [-0.2, -0.15) is 0 Å². The maximum Gasteiger partial charge on any atom is 0.223 e. The summed E-state index contributed by atoms with van der Waals surface area (Å²) < 4.78 is 2.04. The lowest BCUT2D eigenvalue weighted by atomic mass is 10.1. The largest absolute Gasteiger partial charge is 0.392 e. The lowest BCUT2D eigenvalue weighted by Crippen LogP contribution is -2.16. The summed E-state index contributed by atoms with van der Waals surface area (Å²) in [7, 11) is 1.98. The Hall–Kier alpha value is -3.26.